The maximum atomic E-state index is 13.8. The minimum Gasteiger partial charge on any atom is -0.507 e. The van der Waals surface area contributed by atoms with E-state index in [9.17, 15) is 28.3 Å². The number of rotatable bonds is 4. The van der Waals surface area contributed by atoms with Crippen molar-refractivity contribution in [3.8, 4) is 5.75 Å². The van der Waals surface area contributed by atoms with Gasteiger partial charge in [0, 0.05) is 18.9 Å². The Morgan fingerprint density at radius 2 is 2.05 bits per heavy atom. The first-order valence-electron chi connectivity index (χ1n) is 6.17. The number of hydrogen-bond acceptors (Lipinski definition) is 4. The third kappa shape index (κ3) is 2.22. The van der Waals surface area contributed by atoms with Crippen molar-refractivity contribution in [2.75, 3.05) is 0 Å². The third-order valence-corrected chi connectivity index (χ3v) is 3.43. The van der Waals surface area contributed by atoms with Crippen LogP contribution < -0.4 is 5.56 Å². The van der Waals surface area contributed by atoms with Gasteiger partial charge in [-0.2, -0.15) is 0 Å². The molecule has 6 nitrogen and oxygen atoms in total. The molecule has 0 aliphatic heterocycles. The molecular formula is C14H11F2NO5. The molecule has 1 atom stereocenters. The van der Waals surface area contributed by atoms with Crippen molar-refractivity contribution in [3.05, 3.63) is 39.7 Å². The first-order chi connectivity index (χ1) is 10.3. The Hall–Kier alpha value is -2.77. The van der Waals surface area contributed by atoms with E-state index < -0.39 is 52.3 Å². The molecule has 1 aromatic heterocycles. The number of carboxylic acid groups (broad SMARTS) is 1. The van der Waals surface area contributed by atoms with Crippen LogP contribution in [0.5, 0.6) is 5.75 Å². The summed E-state index contributed by atoms with van der Waals surface area (Å²) in [7, 11) is 1.12. The van der Waals surface area contributed by atoms with Crippen LogP contribution in [0.2, 0.25) is 0 Å². The lowest BCUT2D eigenvalue weighted by atomic mass is 9.95. The highest BCUT2D eigenvalue weighted by atomic mass is 19.2. The fourth-order valence-electron chi connectivity index (χ4n) is 2.34. The van der Waals surface area contributed by atoms with E-state index in [0.29, 0.717) is 10.9 Å². The van der Waals surface area contributed by atoms with Crippen molar-refractivity contribution in [1.29, 1.82) is 0 Å². The topological polar surface area (TPSA) is 96.6 Å². The lowest BCUT2D eigenvalue weighted by Crippen LogP contribution is -2.28. The van der Waals surface area contributed by atoms with Crippen LogP contribution >= 0.6 is 0 Å². The smallest absolute Gasteiger partial charge is 0.311 e. The van der Waals surface area contributed by atoms with E-state index in [1.807, 2.05) is 0 Å². The van der Waals surface area contributed by atoms with Gasteiger partial charge in [-0.25, -0.2) is 8.78 Å². The average molecular weight is 311 g/mol. The van der Waals surface area contributed by atoms with Crippen molar-refractivity contribution in [1.82, 2.24) is 4.57 Å². The molecule has 0 radical (unpaired) electrons. The Morgan fingerprint density at radius 1 is 1.41 bits per heavy atom. The molecule has 1 aromatic carbocycles. The molecule has 0 bridgehead atoms. The van der Waals surface area contributed by atoms with Gasteiger partial charge in [0.2, 0.25) is 0 Å². The number of aromatic nitrogens is 1. The lowest BCUT2D eigenvalue weighted by Gasteiger charge is -2.16. The molecule has 0 amide bonds. The van der Waals surface area contributed by atoms with Gasteiger partial charge in [-0.15, -0.1) is 0 Å². The van der Waals surface area contributed by atoms with Crippen LogP contribution in [0.25, 0.3) is 10.9 Å². The Labute approximate surface area is 122 Å². The fourth-order valence-corrected chi connectivity index (χ4v) is 2.34. The molecule has 2 aromatic rings. The van der Waals surface area contributed by atoms with Crippen molar-refractivity contribution in [2.45, 2.75) is 12.3 Å². The maximum absolute atomic E-state index is 13.8. The molecular weight excluding hydrogens is 300 g/mol. The quantitative estimate of drug-likeness (QED) is 0.829. The molecule has 8 heteroatoms. The molecule has 0 aliphatic carbocycles. The SMILES string of the molecule is Cn1c(=O)c(C(CC=O)C(=O)O)c(O)c2ccc(F)c(F)c21. The van der Waals surface area contributed by atoms with E-state index in [2.05, 4.69) is 0 Å². The summed E-state index contributed by atoms with van der Waals surface area (Å²) in [5.41, 5.74) is -2.04. The number of aldehydes is 1. The van der Waals surface area contributed by atoms with E-state index in [-0.39, 0.29) is 5.39 Å². The minimum absolute atomic E-state index is 0.215. The number of hydrogen-bond donors (Lipinski definition) is 2. The number of benzene rings is 1. The van der Waals surface area contributed by atoms with Gasteiger partial charge in [0.05, 0.1) is 17.0 Å². The number of carboxylic acids is 1. The normalized spacial score (nSPS) is 12.3. The first kappa shape index (κ1) is 15.6. The molecule has 0 saturated heterocycles. The summed E-state index contributed by atoms with van der Waals surface area (Å²) in [6.45, 7) is 0. The summed E-state index contributed by atoms with van der Waals surface area (Å²) in [6.07, 6.45) is -0.236. The van der Waals surface area contributed by atoms with Crippen LogP contribution in [0.3, 0.4) is 0 Å². The molecule has 0 saturated carbocycles. The maximum Gasteiger partial charge on any atom is 0.311 e. The minimum atomic E-state index is -1.58. The molecule has 0 fully saturated rings. The Balaban J connectivity index is 2.95. The number of halogens is 2. The number of aliphatic carboxylic acids is 1. The number of carbonyl (C=O) groups excluding carboxylic acids is 1. The zero-order valence-electron chi connectivity index (χ0n) is 11.3. The summed E-state index contributed by atoms with van der Waals surface area (Å²) in [5, 5.41) is 19.0. The molecule has 2 N–H and O–H groups in total. The second-order valence-electron chi connectivity index (χ2n) is 4.68. The number of nitrogens with zero attached hydrogens (tertiary/aromatic N) is 1. The van der Waals surface area contributed by atoms with Gasteiger partial charge in [-0.1, -0.05) is 0 Å². The fraction of sp³-hybridized carbons (Fsp3) is 0.214. The monoisotopic (exact) mass is 311 g/mol. The molecule has 22 heavy (non-hydrogen) atoms. The zero-order valence-corrected chi connectivity index (χ0v) is 11.3. The van der Waals surface area contributed by atoms with Crippen molar-refractivity contribution in [3.63, 3.8) is 0 Å². The first-order valence-corrected chi connectivity index (χ1v) is 6.17. The number of aryl methyl sites for hydroxylation is 1. The molecule has 0 aliphatic rings. The number of carbonyl (C=O) groups is 2. The second-order valence-corrected chi connectivity index (χ2v) is 4.68. The average Bonchev–Trinajstić information content (AvgIpc) is 2.46. The van der Waals surface area contributed by atoms with E-state index in [1.165, 1.54) is 0 Å². The Morgan fingerprint density at radius 3 is 2.59 bits per heavy atom. The predicted octanol–water partition coefficient (Wildman–Crippen LogP) is 1.28. The predicted molar refractivity (Wildman–Crippen MR) is 71.8 cm³/mol. The van der Waals surface area contributed by atoms with Crippen LogP contribution in [0.1, 0.15) is 17.9 Å². The summed E-state index contributed by atoms with van der Waals surface area (Å²) < 4.78 is 27.8. The van der Waals surface area contributed by atoms with E-state index in [1.54, 1.807) is 0 Å². The largest absolute Gasteiger partial charge is 0.507 e. The second kappa shape index (κ2) is 5.55. The zero-order chi connectivity index (χ0) is 16.6. The summed E-state index contributed by atoms with van der Waals surface area (Å²) in [6, 6.07) is 1.78. The highest BCUT2D eigenvalue weighted by Crippen LogP contribution is 2.33. The van der Waals surface area contributed by atoms with Crippen LogP contribution in [0, 0.1) is 11.6 Å². The van der Waals surface area contributed by atoms with Gasteiger partial charge in [-0.3, -0.25) is 9.59 Å². The number of aromatic hydroxyl groups is 1. The van der Waals surface area contributed by atoms with Gasteiger partial charge in [0.25, 0.3) is 5.56 Å². The Kier molecular flexibility index (Phi) is 3.94. The number of fused-ring (bicyclic) bond motifs is 1. The van der Waals surface area contributed by atoms with Gasteiger partial charge in [-0.05, 0) is 12.1 Å². The van der Waals surface area contributed by atoms with Crippen molar-refractivity contribution in [2.24, 2.45) is 7.05 Å². The van der Waals surface area contributed by atoms with Crippen LogP contribution in [-0.2, 0) is 16.6 Å². The van der Waals surface area contributed by atoms with Gasteiger partial charge >= 0.3 is 5.97 Å². The van der Waals surface area contributed by atoms with Crippen LogP contribution in [-0.4, -0.2) is 27.0 Å². The van der Waals surface area contributed by atoms with Crippen molar-refractivity contribution < 1.29 is 28.6 Å². The highest BCUT2D eigenvalue weighted by molar-refractivity contribution is 5.90. The standard InChI is InChI=1S/C14H11F2NO5/c1-17-11-7(2-3-8(15)10(11)16)12(19)9(13(17)20)6(4-5-18)14(21)22/h2-3,5-6,19H,4H2,1H3,(H,21,22). The van der Waals surface area contributed by atoms with Gasteiger partial charge in [0.15, 0.2) is 11.6 Å². The van der Waals surface area contributed by atoms with Crippen LogP contribution in [0.4, 0.5) is 8.78 Å². The molecule has 1 heterocycles. The van der Waals surface area contributed by atoms with E-state index in [0.717, 1.165) is 19.2 Å². The molecule has 1 unspecified atom stereocenters. The summed E-state index contributed by atoms with van der Waals surface area (Å²) in [5.74, 6) is -6.38. The van der Waals surface area contributed by atoms with Crippen LogP contribution in [0.15, 0.2) is 16.9 Å². The third-order valence-electron chi connectivity index (χ3n) is 3.43. The van der Waals surface area contributed by atoms with E-state index >= 15 is 0 Å². The summed E-state index contributed by atoms with van der Waals surface area (Å²) >= 11 is 0. The highest BCUT2D eigenvalue weighted by Gasteiger charge is 2.29. The molecule has 0 spiro atoms. The number of pyridine rings is 1. The van der Waals surface area contributed by atoms with Crippen molar-refractivity contribution >= 4 is 23.2 Å². The van der Waals surface area contributed by atoms with Gasteiger partial charge < -0.3 is 19.6 Å². The summed E-state index contributed by atoms with van der Waals surface area (Å²) in [4.78, 5) is 34.0. The molecule has 116 valence electrons. The molecule has 2 rings (SSSR count). The van der Waals surface area contributed by atoms with E-state index in [4.69, 9.17) is 5.11 Å². The van der Waals surface area contributed by atoms with Gasteiger partial charge in [0.1, 0.15) is 12.0 Å². The lowest BCUT2D eigenvalue weighted by molar-refractivity contribution is -0.139. The Bertz CT molecular complexity index is 843.